The first-order chi connectivity index (χ1) is 14.7. The predicted octanol–water partition coefficient (Wildman–Crippen LogP) is 2.47. The van der Waals surface area contributed by atoms with Crippen LogP contribution in [-0.2, 0) is 24.8 Å². The van der Waals surface area contributed by atoms with Crippen molar-refractivity contribution in [1.82, 2.24) is 29.5 Å². The molecule has 1 aromatic carbocycles. The molecule has 1 saturated heterocycles. The molecule has 8 nitrogen and oxygen atoms in total. The van der Waals surface area contributed by atoms with E-state index < -0.39 is 0 Å². The topological polar surface area (TPSA) is 72.5 Å². The molecule has 1 atom stereocenters. The third kappa shape index (κ3) is 6.07. The number of imidazole rings is 1. The summed E-state index contributed by atoms with van der Waals surface area (Å²) in [7, 11) is 3.75. The fraction of sp³-hybridized carbons (Fsp3) is 0.409. The van der Waals surface area contributed by atoms with E-state index in [0.717, 1.165) is 49.9 Å². The van der Waals surface area contributed by atoms with E-state index in [1.807, 2.05) is 49.6 Å². The minimum Gasteiger partial charge on any atom is -0.370 e. The number of morpholine rings is 1. The van der Waals surface area contributed by atoms with Crippen LogP contribution in [0.3, 0.4) is 0 Å². The number of halogens is 1. The van der Waals surface area contributed by atoms with Crippen molar-refractivity contribution in [1.29, 1.82) is 0 Å². The summed E-state index contributed by atoms with van der Waals surface area (Å²) in [5.74, 6) is 1.96. The van der Waals surface area contributed by atoms with Crippen LogP contribution in [0.25, 0.3) is 0 Å². The Bertz CT molecular complexity index is 969. The van der Waals surface area contributed by atoms with Gasteiger partial charge in [0, 0.05) is 64.3 Å². The van der Waals surface area contributed by atoms with Crippen LogP contribution in [0, 0.1) is 0 Å². The molecule has 1 aliphatic heterocycles. The van der Waals surface area contributed by atoms with E-state index >= 15 is 0 Å². The molecule has 0 saturated carbocycles. The van der Waals surface area contributed by atoms with Gasteiger partial charge in [-0.25, -0.2) is 4.98 Å². The van der Waals surface area contributed by atoms with Gasteiger partial charge in [0.1, 0.15) is 11.9 Å². The Balaban J connectivity index is 0.00000272. The Morgan fingerprint density at radius 1 is 1.29 bits per heavy atom. The number of hydrogen-bond donors (Lipinski definition) is 1. The summed E-state index contributed by atoms with van der Waals surface area (Å²) in [6.45, 7) is 3.85. The standard InChI is InChI=1S/C22H29N7O.HI/c1-23-22(29-12-13-30-20(17-29)19-14-26-27(2)16-19)25-9-8-21-24-10-11-28(21)15-18-6-4-3-5-7-18;/h3-7,10-11,14,16,20H,8-9,12-13,15,17H2,1-2H3,(H,23,25);1H. The van der Waals surface area contributed by atoms with E-state index in [1.54, 1.807) is 0 Å². The molecule has 0 amide bonds. The summed E-state index contributed by atoms with van der Waals surface area (Å²) in [5.41, 5.74) is 2.37. The lowest BCUT2D eigenvalue weighted by molar-refractivity contribution is -0.00801. The summed E-state index contributed by atoms with van der Waals surface area (Å²) >= 11 is 0. The highest BCUT2D eigenvalue weighted by atomic mass is 127. The first-order valence-corrected chi connectivity index (χ1v) is 10.3. The molecule has 0 aliphatic carbocycles. The number of rotatable bonds is 6. The van der Waals surface area contributed by atoms with Crippen LogP contribution in [0.5, 0.6) is 0 Å². The number of aliphatic imine (C=N–C) groups is 1. The van der Waals surface area contributed by atoms with E-state index in [9.17, 15) is 0 Å². The van der Waals surface area contributed by atoms with Gasteiger partial charge < -0.3 is 19.5 Å². The van der Waals surface area contributed by atoms with Crippen LogP contribution in [0.1, 0.15) is 23.1 Å². The number of aryl methyl sites for hydroxylation is 1. The second-order valence-corrected chi connectivity index (χ2v) is 7.43. The van der Waals surface area contributed by atoms with Gasteiger partial charge in [-0.15, -0.1) is 24.0 Å². The third-order valence-electron chi connectivity index (χ3n) is 5.30. The summed E-state index contributed by atoms with van der Waals surface area (Å²) in [6, 6.07) is 10.5. The Labute approximate surface area is 200 Å². The highest BCUT2D eigenvalue weighted by Gasteiger charge is 2.25. The molecule has 0 spiro atoms. The largest absolute Gasteiger partial charge is 0.370 e. The highest BCUT2D eigenvalue weighted by molar-refractivity contribution is 14.0. The molecule has 1 fully saturated rings. The van der Waals surface area contributed by atoms with Crippen LogP contribution in [-0.4, -0.2) is 63.5 Å². The summed E-state index contributed by atoms with van der Waals surface area (Å²) in [5, 5.41) is 7.75. The molecule has 166 valence electrons. The molecular weight excluding hydrogens is 505 g/mol. The van der Waals surface area contributed by atoms with Gasteiger partial charge in [0.15, 0.2) is 5.96 Å². The lowest BCUT2D eigenvalue weighted by atomic mass is 10.1. The second kappa shape index (κ2) is 11.3. The lowest BCUT2D eigenvalue weighted by Gasteiger charge is -2.34. The Hall–Kier alpha value is -2.40. The van der Waals surface area contributed by atoms with Crippen molar-refractivity contribution in [3.63, 3.8) is 0 Å². The van der Waals surface area contributed by atoms with E-state index in [4.69, 9.17) is 4.74 Å². The third-order valence-corrected chi connectivity index (χ3v) is 5.30. The van der Waals surface area contributed by atoms with Gasteiger partial charge in [-0.2, -0.15) is 5.10 Å². The minimum atomic E-state index is 0. The number of ether oxygens (including phenoxy) is 1. The fourth-order valence-electron chi connectivity index (χ4n) is 3.76. The number of benzene rings is 1. The predicted molar refractivity (Wildman–Crippen MR) is 132 cm³/mol. The Kier molecular flexibility index (Phi) is 8.47. The summed E-state index contributed by atoms with van der Waals surface area (Å²) in [4.78, 5) is 11.3. The maximum atomic E-state index is 5.95. The van der Waals surface area contributed by atoms with Crippen molar-refractivity contribution in [2.24, 2.45) is 12.0 Å². The number of guanidine groups is 1. The number of hydrogen-bond acceptors (Lipinski definition) is 4. The van der Waals surface area contributed by atoms with Crippen molar-refractivity contribution in [2.75, 3.05) is 33.3 Å². The van der Waals surface area contributed by atoms with Crippen molar-refractivity contribution in [3.8, 4) is 0 Å². The van der Waals surface area contributed by atoms with Gasteiger partial charge >= 0.3 is 0 Å². The molecule has 1 unspecified atom stereocenters. The van der Waals surface area contributed by atoms with Crippen molar-refractivity contribution in [2.45, 2.75) is 19.1 Å². The monoisotopic (exact) mass is 535 g/mol. The summed E-state index contributed by atoms with van der Waals surface area (Å²) < 4.78 is 9.96. The van der Waals surface area contributed by atoms with Gasteiger partial charge in [0.05, 0.1) is 19.3 Å². The second-order valence-electron chi connectivity index (χ2n) is 7.43. The van der Waals surface area contributed by atoms with Crippen molar-refractivity contribution in [3.05, 3.63) is 72.1 Å². The normalized spacial score (nSPS) is 16.8. The molecule has 3 aromatic rings. The number of nitrogens with one attached hydrogen (secondary N) is 1. The first-order valence-electron chi connectivity index (χ1n) is 10.3. The van der Waals surface area contributed by atoms with E-state index in [2.05, 4.69) is 54.1 Å². The smallest absolute Gasteiger partial charge is 0.193 e. The van der Waals surface area contributed by atoms with Crippen LogP contribution < -0.4 is 5.32 Å². The van der Waals surface area contributed by atoms with Gasteiger partial charge in [-0.1, -0.05) is 30.3 Å². The lowest BCUT2D eigenvalue weighted by Crippen LogP contribution is -2.48. The van der Waals surface area contributed by atoms with Crippen molar-refractivity contribution >= 4 is 29.9 Å². The molecule has 0 radical (unpaired) electrons. The zero-order valence-electron chi connectivity index (χ0n) is 18.0. The quantitative estimate of drug-likeness (QED) is 0.299. The van der Waals surface area contributed by atoms with Gasteiger partial charge in [0.2, 0.25) is 0 Å². The highest BCUT2D eigenvalue weighted by Crippen LogP contribution is 2.21. The molecule has 0 bridgehead atoms. The molecule has 1 N–H and O–H groups in total. The maximum absolute atomic E-state index is 5.95. The van der Waals surface area contributed by atoms with Crippen LogP contribution >= 0.6 is 24.0 Å². The molecule has 9 heteroatoms. The van der Waals surface area contributed by atoms with Gasteiger partial charge in [-0.05, 0) is 5.56 Å². The van der Waals surface area contributed by atoms with Gasteiger partial charge in [-0.3, -0.25) is 9.67 Å². The SMILES string of the molecule is CN=C(NCCc1nccn1Cc1ccccc1)N1CCOC(c2cnn(C)c2)C1.I. The molecule has 31 heavy (non-hydrogen) atoms. The molecule has 1 aliphatic rings. The van der Waals surface area contributed by atoms with Gasteiger partial charge in [0.25, 0.3) is 0 Å². The number of aromatic nitrogens is 4. The van der Waals surface area contributed by atoms with Crippen molar-refractivity contribution < 1.29 is 4.74 Å². The number of nitrogens with zero attached hydrogens (tertiary/aromatic N) is 6. The molecule has 3 heterocycles. The first kappa shape index (κ1) is 23.3. The molecular formula is C22H30IN7O. The van der Waals surface area contributed by atoms with Crippen LogP contribution in [0.4, 0.5) is 0 Å². The molecule has 2 aromatic heterocycles. The Morgan fingerprint density at radius 2 is 2.13 bits per heavy atom. The average molecular weight is 535 g/mol. The summed E-state index contributed by atoms with van der Waals surface area (Å²) in [6.07, 6.45) is 8.63. The fourth-order valence-corrected chi connectivity index (χ4v) is 3.76. The zero-order valence-corrected chi connectivity index (χ0v) is 20.3. The zero-order chi connectivity index (χ0) is 20.8. The Morgan fingerprint density at radius 3 is 2.87 bits per heavy atom. The molecule has 4 rings (SSSR count). The van der Waals surface area contributed by atoms with Crippen LogP contribution in [0.15, 0.2) is 60.1 Å². The van der Waals surface area contributed by atoms with E-state index in [0.29, 0.717) is 6.61 Å². The van der Waals surface area contributed by atoms with E-state index in [-0.39, 0.29) is 30.1 Å². The maximum Gasteiger partial charge on any atom is 0.193 e. The minimum absolute atomic E-state index is 0. The van der Waals surface area contributed by atoms with E-state index in [1.165, 1.54) is 5.56 Å². The van der Waals surface area contributed by atoms with Crippen LogP contribution in [0.2, 0.25) is 0 Å². The average Bonchev–Trinajstić information content (AvgIpc) is 3.41.